The molecule has 0 saturated carbocycles. The van der Waals surface area contributed by atoms with Crippen LogP contribution in [0, 0.1) is 6.92 Å². The summed E-state index contributed by atoms with van der Waals surface area (Å²) in [7, 11) is 0. The second kappa shape index (κ2) is 8.54. The lowest BCUT2D eigenvalue weighted by Gasteiger charge is -2.09. The van der Waals surface area contributed by atoms with Gasteiger partial charge in [-0.2, -0.15) is 0 Å². The van der Waals surface area contributed by atoms with Crippen LogP contribution in [0.1, 0.15) is 11.3 Å². The van der Waals surface area contributed by atoms with Crippen molar-refractivity contribution in [2.75, 3.05) is 18.4 Å². The first kappa shape index (κ1) is 18.0. The van der Waals surface area contributed by atoms with Gasteiger partial charge in [-0.15, -0.1) is 0 Å². The maximum absolute atomic E-state index is 12.0. The third-order valence-corrected chi connectivity index (χ3v) is 4.37. The molecule has 1 amide bonds. The normalized spacial score (nSPS) is 10.5. The van der Waals surface area contributed by atoms with Gasteiger partial charge in [0.2, 0.25) is 5.91 Å². The zero-order valence-electron chi connectivity index (χ0n) is 14.6. The fraction of sp³-hybridized carbons (Fsp3) is 0.200. The molecule has 0 radical (unpaired) electrons. The van der Waals surface area contributed by atoms with Crippen LogP contribution in [0.2, 0.25) is 5.02 Å². The largest absolute Gasteiger partial charge is 0.376 e. The summed E-state index contributed by atoms with van der Waals surface area (Å²) in [5.74, 6) is -0.0497. The van der Waals surface area contributed by atoms with E-state index in [0.717, 1.165) is 27.7 Å². The number of aryl methyl sites for hydroxylation is 1. The number of hydrogen-bond acceptors (Lipinski definition) is 3. The fourth-order valence-corrected chi connectivity index (χ4v) is 2.83. The second-order valence-corrected chi connectivity index (χ2v) is 6.42. The van der Waals surface area contributed by atoms with Crippen LogP contribution in [0.15, 0.2) is 61.1 Å². The van der Waals surface area contributed by atoms with E-state index in [2.05, 4.69) is 15.6 Å². The van der Waals surface area contributed by atoms with E-state index in [1.54, 1.807) is 6.33 Å². The zero-order valence-corrected chi connectivity index (χ0v) is 15.3. The van der Waals surface area contributed by atoms with E-state index in [4.69, 9.17) is 11.6 Å². The van der Waals surface area contributed by atoms with Gasteiger partial charge in [0.15, 0.2) is 0 Å². The van der Waals surface area contributed by atoms with E-state index in [1.807, 2.05) is 66.2 Å². The van der Waals surface area contributed by atoms with E-state index >= 15 is 0 Å². The molecule has 0 fully saturated rings. The minimum atomic E-state index is -0.0497. The molecule has 0 unspecified atom stereocenters. The number of nitrogens with zero attached hydrogens (tertiary/aromatic N) is 2. The monoisotopic (exact) mass is 368 g/mol. The van der Waals surface area contributed by atoms with Crippen LogP contribution in [0.25, 0.3) is 5.69 Å². The highest BCUT2D eigenvalue weighted by Gasteiger charge is 2.03. The Bertz CT molecular complexity index is 874. The van der Waals surface area contributed by atoms with E-state index in [9.17, 15) is 4.79 Å². The number of hydrogen-bond donors (Lipinski definition) is 2. The predicted octanol–water partition coefficient (Wildman–Crippen LogP) is 3.60. The molecule has 26 heavy (non-hydrogen) atoms. The first-order chi connectivity index (χ1) is 12.6. The second-order valence-electron chi connectivity index (χ2n) is 6.01. The maximum atomic E-state index is 12.0. The Morgan fingerprint density at radius 3 is 2.62 bits per heavy atom. The molecule has 1 heterocycles. The lowest BCUT2D eigenvalue weighted by molar-refractivity contribution is -0.119. The average Bonchev–Trinajstić information content (AvgIpc) is 3.08. The van der Waals surface area contributed by atoms with Crippen molar-refractivity contribution in [3.05, 3.63) is 77.3 Å². The number of nitrogens with one attached hydrogen (secondary N) is 2. The molecule has 2 aromatic carbocycles. The average molecular weight is 369 g/mol. The summed E-state index contributed by atoms with van der Waals surface area (Å²) in [5, 5.41) is 6.75. The number of amides is 1. The van der Waals surface area contributed by atoms with Gasteiger partial charge in [0.1, 0.15) is 0 Å². The third kappa shape index (κ3) is 4.86. The first-order valence-electron chi connectivity index (χ1n) is 8.47. The molecule has 6 heteroatoms. The van der Waals surface area contributed by atoms with Crippen molar-refractivity contribution in [3.8, 4) is 5.69 Å². The Kier molecular flexibility index (Phi) is 5.92. The van der Waals surface area contributed by atoms with Crippen LogP contribution in [0.3, 0.4) is 0 Å². The van der Waals surface area contributed by atoms with E-state index in [-0.39, 0.29) is 12.5 Å². The molecule has 3 rings (SSSR count). The molecule has 0 spiro atoms. The Morgan fingerprint density at radius 2 is 1.92 bits per heavy atom. The van der Waals surface area contributed by atoms with Crippen molar-refractivity contribution < 1.29 is 4.79 Å². The van der Waals surface area contributed by atoms with Crippen LogP contribution in [-0.2, 0) is 11.2 Å². The molecule has 1 aromatic heterocycles. The van der Waals surface area contributed by atoms with Gasteiger partial charge in [0.25, 0.3) is 0 Å². The van der Waals surface area contributed by atoms with Gasteiger partial charge in [-0.05, 0) is 49.2 Å². The van der Waals surface area contributed by atoms with Crippen molar-refractivity contribution in [1.29, 1.82) is 0 Å². The van der Waals surface area contributed by atoms with Crippen molar-refractivity contribution in [2.45, 2.75) is 13.3 Å². The highest BCUT2D eigenvalue weighted by Crippen LogP contribution is 2.15. The van der Waals surface area contributed by atoms with Gasteiger partial charge in [-0.25, -0.2) is 4.98 Å². The number of imidazole rings is 1. The molecule has 0 aliphatic rings. The number of aromatic nitrogens is 2. The Labute approximate surface area is 158 Å². The summed E-state index contributed by atoms with van der Waals surface area (Å²) in [5.41, 5.74) is 3.93. The minimum absolute atomic E-state index is 0.0497. The lowest BCUT2D eigenvalue weighted by atomic mass is 10.1. The van der Waals surface area contributed by atoms with Crippen LogP contribution in [0.4, 0.5) is 5.69 Å². The summed E-state index contributed by atoms with van der Waals surface area (Å²) >= 11 is 6.11. The van der Waals surface area contributed by atoms with Crippen molar-refractivity contribution >= 4 is 23.2 Å². The van der Waals surface area contributed by atoms with Crippen LogP contribution in [0.5, 0.6) is 0 Å². The van der Waals surface area contributed by atoms with Crippen molar-refractivity contribution in [2.24, 2.45) is 0 Å². The van der Waals surface area contributed by atoms with Gasteiger partial charge in [-0.3, -0.25) is 4.79 Å². The smallest absolute Gasteiger partial charge is 0.239 e. The zero-order chi connectivity index (χ0) is 18.4. The predicted molar refractivity (Wildman–Crippen MR) is 105 cm³/mol. The lowest BCUT2D eigenvalue weighted by Crippen LogP contribution is -2.31. The molecular weight excluding hydrogens is 348 g/mol. The summed E-state index contributed by atoms with van der Waals surface area (Å²) in [6, 6.07) is 15.5. The summed E-state index contributed by atoms with van der Waals surface area (Å²) < 4.78 is 1.96. The van der Waals surface area contributed by atoms with Gasteiger partial charge < -0.3 is 15.2 Å². The van der Waals surface area contributed by atoms with Gasteiger partial charge in [-0.1, -0.05) is 29.8 Å². The molecule has 0 aliphatic carbocycles. The summed E-state index contributed by atoms with van der Waals surface area (Å²) in [6.45, 7) is 2.74. The molecule has 0 aliphatic heterocycles. The number of benzene rings is 2. The SMILES string of the molecule is Cc1cn(-c2ccc(NCC(=O)NCCc3ccccc3Cl)cc2)cn1. The maximum Gasteiger partial charge on any atom is 0.239 e. The Hall–Kier alpha value is -2.79. The van der Waals surface area contributed by atoms with Crippen LogP contribution < -0.4 is 10.6 Å². The number of carbonyl (C=O) groups is 1. The van der Waals surface area contributed by atoms with E-state index in [1.165, 1.54) is 0 Å². The minimum Gasteiger partial charge on any atom is -0.376 e. The van der Waals surface area contributed by atoms with Crippen LogP contribution in [-0.4, -0.2) is 28.5 Å². The van der Waals surface area contributed by atoms with Gasteiger partial charge >= 0.3 is 0 Å². The highest BCUT2D eigenvalue weighted by molar-refractivity contribution is 6.31. The van der Waals surface area contributed by atoms with Gasteiger partial charge in [0, 0.05) is 29.1 Å². The van der Waals surface area contributed by atoms with E-state index < -0.39 is 0 Å². The van der Waals surface area contributed by atoms with E-state index in [0.29, 0.717) is 13.0 Å². The number of carbonyl (C=O) groups excluding carboxylic acids is 1. The summed E-state index contributed by atoms with van der Waals surface area (Å²) in [4.78, 5) is 16.2. The highest BCUT2D eigenvalue weighted by atomic mass is 35.5. The molecule has 5 nitrogen and oxygen atoms in total. The number of rotatable bonds is 7. The standard InChI is InChI=1S/C20H21ClN4O/c1-15-13-25(14-24-15)18-8-6-17(7-9-18)23-12-20(26)22-11-10-16-4-2-3-5-19(16)21/h2-9,13-14,23H,10-12H2,1H3,(H,22,26). The van der Waals surface area contributed by atoms with Crippen molar-refractivity contribution in [1.82, 2.24) is 14.9 Å². The molecular formula is C20H21ClN4O. The molecule has 3 aromatic rings. The van der Waals surface area contributed by atoms with Crippen molar-refractivity contribution in [3.63, 3.8) is 0 Å². The molecule has 0 saturated heterocycles. The first-order valence-corrected chi connectivity index (χ1v) is 8.84. The molecule has 2 N–H and O–H groups in total. The Balaban J connectivity index is 1.43. The quantitative estimate of drug-likeness (QED) is 0.669. The number of halogens is 1. The molecule has 0 bridgehead atoms. The Morgan fingerprint density at radius 1 is 1.15 bits per heavy atom. The van der Waals surface area contributed by atoms with Gasteiger partial charge in [0.05, 0.1) is 18.6 Å². The molecule has 134 valence electrons. The number of anilines is 1. The summed E-state index contributed by atoms with van der Waals surface area (Å²) in [6.07, 6.45) is 4.46. The fourth-order valence-electron chi connectivity index (χ4n) is 2.60. The third-order valence-electron chi connectivity index (χ3n) is 4.00. The topological polar surface area (TPSA) is 59.0 Å². The molecule has 0 atom stereocenters. The van der Waals surface area contributed by atoms with Crippen LogP contribution >= 0.6 is 11.6 Å².